The maximum atomic E-state index is 3.99. The van der Waals surface area contributed by atoms with Crippen molar-refractivity contribution in [1.29, 1.82) is 0 Å². The van der Waals surface area contributed by atoms with Crippen molar-refractivity contribution in [2.45, 2.75) is 4.90 Å². The Morgan fingerprint density at radius 1 is 1.50 bits per heavy atom. The SMILES string of the molecule is C=C(CBr)c1ccccc1SC. The van der Waals surface area contributed by atoms with Crippen LogP contribution in [0.15, 0.2) is 35.7 Å². The van der Waals surface area contributed by atoms with E-state index in [0.717, 1.165) is 10.9 Å². The number of rotatable bonds is 3. The standard InChI is InChI=1S/C10H11BrS/c1-8(7-11)9-5-3-4-6-10(9)12-2/h3-6H,1,7H2,2H3. The van der Waals surface area contributed by atoms with E-state index < -0.39 is 0 Å². The summed E-state index contributed by atoms with van der Waals surface area (Å²) in [4.78, 5) is 1.29. The van der Waals surface area contributed by atoms with Crippen LogP contribution in [0, 0.1) is 0 Å². The van der Waals surface area contributed by atoms with Crippen molar-refractivity contribution in [3.8, 4) is 0 Å². The third kappa shape index (κ3) is 2.14. The molecule has 0 saturated carbocycles. The van der Waals surface area contributed by atoms with Crippen LogP contribution in [0.4, 0.5) is 0 Å². The fourth-order valence-corrected chi connectivity index (χ4v) is 1.96. The lowest BCUT2D eigenvalue weighted by molar-refractivity contribution is 1.40. The Morgan fingerprint density at radius 3 is 2.75 bits per heavy atom. The fourth-order valence-electron chi connectivity index (χ4n) is 1.01. The second kappa shape index (κ2) is 4.73. The van der Waals surface area contributed by atoms with E-state index in [1.54, 1.807) is 11.8 Å². The van der Waals surface area contributed by atoms with Gasteiger partial charge in [0, 0.05) is 10.2 Å². The Labute approximate surface area is 86.2 Å². The molecule has 0 nitrogen and oxygen atoms in total. The van der Waals surface area contributed by atoms with E-state index in [2.05, 4.69) is 47.0 Å². The highest BCUT2D eigenvalue weighted by atomic mass is 79.9. The van der Waals surface area contributed by atoms with Gasteiger partial charge < -0.3 is 0 Å². The van der Waals surface area contributed by atoms with Gasteiger partial charge >= 0.3 is 0 Å². The molecule has 0 aliphatic rings. The average Bonchev–Trinajstić information content (AvgIpc) is 2.16. The summed E-state index contributed by atoms with van der Waals surface area (Å²) in [6.45, 7) is 3.99. The van der Waals surface area contributed by atoms with Crippen LogP contribution >= 0.6 is 27.7 Å². The molecule has 0 N–H and O–H groups in total. The van der Waals surface area contributed by atoms with Gasteiger partial charge in [-0.1, -0.05) is 40.7 Å². The number of allylic oxidation sites excluding steroid dienone is 1. The molecule has 0 saturated heterocycles. The zero-order valence-electron chi connectivity index (χ0n) is 7.01. The summed E-state index contributed by atoms with van der Waals surface area (Å²) in [7, 11) is 0. The molecule has 0 bridgehead atoms. The second-order valence-electron chi connectivity index (χ2n) is 2.44. The van der Waals surface area contributed by atoms with Crippen molar-refractivity contribution >= 4 is 33.3 Å². The first-order valence-corrected chi connectivity index (χ1v) is 6.01. The molecule has 12 heavy (non-hydrogen) atoms. The molecule has 0 radical (unpaired) electrons. The predicted octanol–water partition coefficient (Wildman–Crippen LogP) is 3.82. The molecular formula is C10H11BrS. The molecule has 1 aromatic rings. The van der Waals surface area contributed by atoms with Crippen LogP contribution in [0.25, 0.3) is 5.57 Å². The van der Waals surface area contributed by atoms with Crippen molar-refractivity contribution in [1.82, 2.24) is 0 Å². The molecule has 1 aromatic carbocycles. The molecule has 2 heteroatoms. The summed E-state index contributed by atoms with van der Waals surface area (Å²) in [6, 6.07) is 8.32. The van der Waals surface area contributed by atoms with Crippen LogP contribution in [-0.2, 0) is 0 Å². The molecule has 0 atom stereocenters. The van der Waals surface area contributed by atoms with Crippen LogP contribution in [0.5, 0.6) is 0 Å². The Morgan fingerprint density at radius 2 is 2.17 bits per heavy atom. The van der Waals surface area contributed by atoms with E-state index in [9.17, 15) is 0 Å². The van der Waals surface area contributed by atoms with Gasteiger partial charge in [0.2, 0.25) is 0 Å². The van der Waals surface area contributed by atoms with E-state index in [1.165, 1.54) is 10.5 Å². The molecule has 0 amide bonds. The van der Waals surface area contributed by atoms with E-state index in [4.69, 9.17) is 0 Å². The molecule has 0 aromatic heterocycles. The van der Waals surface area contributed by atoms with Gasteiger partial charge in [-0.15, -0.1) is 11.8 Å². The van der Waals surface area contributed by atoms with Gasteiger partial charge in [0.05, 0.1) is 0 Å². The highest BCUT2D eigenvalue weighted by Crippen LogP contribution is 2.26. The van der Waals surface area contributed by atoms with Crippen LogP contribution in [0.1, 0.15) is 5.56 Å². The topological polar surface area (TPSA) is 0 Å². The number of halogens is 1. The maximum absolute atomic E-state index is 3.99. The van der Waals surface area contributed by atoms with E-state index in [0.29, 0.717) is 0 Å². The van der Waals surface area contributed by atoms with Crippen LogP contribution in [-0.4, -0.2) is 11.6 Å². The molecule has 64 valence electrons. The number of hydrogen-bond acceptors (Lipinski definition) is 1. The van der Waals surface area contributed by atoms with Crippen molar-refractivity contribution < 1.29 is 0 Å². The minimum absolute atomic E-state index is 0.838. The third-order valence-corrected chi connectivity index (χ3v) is 3.12. The highest BCUT2D eigenvalue weighted by molar-refractivity contribution is 9.09. The molecule has 0 aliphatic heterocycles. The van der Waals surface area contributed by atoms with E-state index in [-0.39, 0.29) is 0 Å². The lowest BCUT2D eigenvalue weighted by atomic mass is 10.1. The van der Waals surface area contributed by atoms with Crippen molar-refractivity contribution in [3.63, 3.8) is 0 Å². The van der Waals surface area contributed by atoms with Crippen LogP contribution in [0.3, 0.4) is 0 Å². The normalized spacial score (nSPS) is 9.83. The first-order valence-electron chi connectivity index (χ1n) is 3.66. The lowest BCUT2D eigenvalue weighted by Crippen LogP contribution is -1.86. The van der Waals surface area contributed by atoms with Crippen LogP contribution < -0.4 is 0 Å². The molecule has 0 aliphatic carbocycles. The summed E-state index contributed by atoms with van der Waals surface area (Å²) >= 11 is 5.16. The minimum Gasteiger partial charge on any atom is -0.129 e. The van der Waals surface area contributed by atoms with Gasteiger partial charge in [-0.2, -0.15) is 0 Å². The molecule has 0 unspecified atom stereocenters. The second-order valence-corrected chi connectivity index (χ2v) is 3.85. The summed E-state index contributed by atoms with van der Waals surface area (Å²) in [5.41, 5.74) is 2.39. The smallest absolute Gasteiger partial charge is 0.0283 e. The molecular weight excluding hydrogens is 232 g/mol. The Bertz CT molecular complexity index is 281. The van der Waals surface area contributed by atoms with E-state index in [1.807, 2.05) is 6.07 Å². The first-order chi connectivity index (χ1) is 5.79. The number of benzene rings is 1. The zero-order valence-corrected chi connectivity index (χ0v) is 9.41. The fraction of sp³-hybridized carbons (Fsp3) is 0.200. The largest absolute Gasteiger partial charge is 0.129 e. The van der Waals surface area contributed by atoms with Gasteiger partial charge in [-0.25, -0.2) is 0 Å². The summed E-state index contributed by atoms with van der Waals surface area (Å²) in [6.07, 6.45) is 2.08. The van der Waals surface area contributed by atoms with Crippen molar-refractivity contribution in [2.75, 3.05) is 11.6 Å². The molecule has 0 spiro atoms. The maximum Gasteiger partial charge on any atom is 0.0283 e. The van der Waals surface area contributed by atoms with E-state index >= 15 is 0 Å². The Kier molecular flexibility index (Phi) is 3.89. The minimum atomic E-state index is 0.838. The monoisotopic (exact) mass is 242 g/mol. The molecule has 0 fully saturated rings. The highest BCUT2D eigenvalue weighted by Gasteiger charge is 2.01. The van der Waals surface area contributed by atoms with Gasteiger partial charge in [0.15, 0.2) is 0 Å². The first kappa shape index (κ1) is 9.87. The number of alkyl halides is 1. The Hall–Kier alpha value is -0.210. The van der Waals surface area contributed by atoms with Crippen molar-refractivity contribution in [3.05, 3.63) is 36.4 Å². The van der Waals surface area contributed by atoms with Gasteiger partial charge in [0.1, 0.15) is 0 Å². The predicted molar refractivity (Wildman–Crippen MR) is 61.1 cm³/mol. The third-order valence-electron chi connectivity index (χ3n) is 1.65. The van der Waals surface area contributed by atoms with Gasteiger partial charge in [-0.3, -0.25) is 0 Å². The summed E-state index contributed by atoms with van der Waals surface area (Å²) < 4.78 is 0. The van der Waals surface area contributed by atoms with Crippen LogP contribution in [0.2, 0.25) is 0 Å². The quantitative estimate of drug-likeness (QED) is 0.574. The average molecular weight is 243 g/mol. The Balaban J connectivity index is 3.04. The summed E-state index contributed by atoms with van der Waals surface area (Å²) in [5.74, 6) is 0. The van der Waals surface area contributed by atoms with Gasteiger partial charge in [0.25, 0.3) is 0 Å². The van der Waals surface area contributed by atoms with Gasteiger partial charge in [-0.05, 0) is 23.5 Å². The molecule has 1 rings (SSSR count). The summed E-state index contributed by atoms with van der Waals surface area (Å²) in [5, 5.41) is 0.838. The lowest BCUT2D eigenvalue weighted by Gasteiger charge is -2.06. The number of thioether (sulfide) groups is 1. The number of hydrogen-bond donors (Lipinski definition) is 0. The van der Waals surface area contributed by atoms with Crippen molar-refractivity contribution in [2.24, 2.45) is 0 Å². The zero-order chi connectivity index (χ0) is 8.97. The molecule has 0 heterocycles.